The smallest absolute Gasteiger partial charge is 0.399 e. The average Bonchev–Trinajstić information content (AvgIpc) is 2.57. The van der Waals surface area contributed by atoms with Crippen molar-refractivity contribution in [3.63, 3.8) is 0 Å². The SMILES string of the molecule is CC(C)(CC(N)=O)c1ccc(B2OC(C)(C)C(C)(C)O2)cc1. The lowest BCUT2D eigenvalue weighted by atomic mass is 9.75. The van der Waals surface area contributed by atoms with Crippen molar-refractivity contribution >= 4 is 18.5 Å². The summed E-state index contributed by atoms with van der Waals surface area (Å²) in [6.07, 6.45) is 0.322. The lowest BCUT2D eigenvalue weighted by Gasteiger charge is -2.32. The summed E-state index contributed by atoms with van der Waals surface area (Å²) in [5.41, 5.74) is 6.42. The molecule has 0 aromatic heterocycles. The van der Waals surface area contributed by atoms with Crippen molar-refractivity contribution in [2.75, 3.05) is 0 Å². The zero-order valence-corrected chi connectivity index (χ0v) is 14.4. The summed E-state index contributed by atoms with van der Waals surface area (Å²) >= 11 is 0. The van der Waals surface area contributed by atoms with Crippen molar-refractivity contribution in [3.05, 3.63) is 29.8 Å². The molecule has 1 saturated heterocycles. The number of benzene rings is 1. The van der Waals surface area contributed by atoms with Gasteiger partial charge in [0.2, 0.25) is 5.91 Å². The number of hydrogen-bond donors (Lipinski definition) is 1. The van der Waals surface area contributed by atoms with Gasteiger partial charge in [-0.2, -0.15) is 0 Å². The monoisotopic (exact) mass is 303 g/mol. The largest absolute Gasteiger partial charge is 0.494 e. The fourth-order valence-electron chi connectivity index (χ4n) is 2.61. The van der Waals surface area contributed by atoms with E-state index in [9.17, 15) is 4.79 Å². The van der Waals surface area contributed by atoms with Gasteiger partial charge in [0.05, 0.1) is 11.2 Å². The van der Waals surface area contributed by atoms with E-state index in [1.165, 1.54) is 0 Å². The van der Waals surface area contributed by atoms with Gasteiger partial charge in [0.25, 0.3) is 0 Å². The molecular weight excluding hydrogens is 277 g/mol. The molecule has 1 fully saturated rings. The van der Waals surface area contributed by atoms with Gasteiger partial charge in [-0.15, -0.1) is 0 Å². The maximum atomic E-state index is 11.2. The molecule has 1 heterocycles. The summed E-state index contributed by atoms with van der Waals surface area (Å²) in [4.78, 5) is 11.2. The van der Waals surface area contributed by atoms with E-state index in [2.05, 4.69) is 0 Å². The van der Waals surface area contributed by atoms with Crippen molar-refractivity contribution in [2.24, 2.45) is 5.73 Å². The molecule has 0 bridgehead atoms. The molecule has 1 aliphatic heterocycles. The van der Waals surface area contributed by atoms with Crippen LogP contribution < -0.4 is 11.2 Å². The molecule has 1 aromatic carbocycles. The van der Waals surface area contributed by atoms with E-state index in [4.69, 9.17) is 15.0 Å². The average molecular weight is 303 g/mol. The van der Waals surface area contributed by atoms with E-state index in [1.807, 2.05) is 65.8 Å². The molecule has 0 saturated carbocycles. The third kappa shape index (κ3) is 3.20. The number of primary amides is 1. The number of carbonyl (C=O) groups is 1. The molecule has 1 amide bonds. The number of carbonyl (C=O) groups excluding carboxylic acids is 1. The van der Waals surface area contributed by atoms with Gasteiger partial charge in [-0.05, 0) is 44.1 Å². The predicted octanol–water partition coefficient (Wildman–Crippen LogP) is 2.14. The maximum Gasteiger partial charge on any atom is 0.494 e. The molecule has 0 aliphatic carbocycles. The van der Waals surface area contributed by atoms with Crippen LogP contribution in [0, 0.1) is 0 Å². The van der Waals surface area contributed by atoms with Crippen LogP contribution in [0.25, 0.3) is 0 Å². The summed E-state index contributed by atoms with van der Waals surface area (Å²) in [6.45, 7) is 12.2. The Morgan fingerprint density at radius 3 is 1.95 bits per heavy atom. The summed E-state index contributed by atoms with van der Waals surface area (Å²) in [6, 6.07) is 8.03. The Kier molecular flexibility index (Phi) is 4.17. The normalized spacial score (nSPS) is 20.2. The standard InChI is InChI=1S/C17H26BNO3/c1-15(2,11-14(19)20)12-7-9-13(10-8-12)18-21-16(3,4)17(5,6)22-18/h7-10H,11H2,1-6H3,(H2,19,20). The van der Waals surface area contributed by atoms with E-state index in [0.717, 1.165) is 11.0 Å². The van der Waals surface area contributed by atoms with Crippen LogP contribution in [0.15, 0.2) is 24.3 Å². The Bertz CT molecular complexity index is 548. The number of hydrogen-bond acceptors (Lipinski definition) is 3. The van der Waals surface area contributed by atoms with Crippen LogP contribution >= 0.6 is 0 Å². The summed E-state index contributed by atoms with van der Waals surface area (Å²) in [5.74, 6) is -0.292. The van der Waals surface area contributed by atoms with Gasteiger partial charge in [-0.25, -0.2) is 0 Å². The Balaban J connectivity index is 2.19. The van der Waals surface area contributed by atoms with Crippen LogP contribution in [0.4, 0.5) is 0 Å². The molecular formula is C17H26BNO3. The van der Waals surface area contributed by atoms with Crippen molar-refractivity contribution in [1.82, 2.24) is 0 Å². The molecule has 0 spiro atoms. The van der Waals surface area contributed by atoms with Gasteiger partial charge < -0.3 is 15.0 Å². The first kappa shape index (κ1) is 17.0. The first-order chi connectivity index (χ1) is 9.95. The summed E-state index contributed by atoms with van der Waals surface area (Å²) in [7, 11) is -0.363. The molecule has 2 rings (SSSR count). The molecule has 4 nitrogen and oxygen atoms in total. The minimum absolute atomic E-state index is 0.277. The highest BCUT2D eigenvalue weighted by atomic mass is 16.7. The van der Waals surface area contributed by atoms with Crippen LogP contribution in [-0.4, -0.2) is 24.2 Å². The summed E-state index contributed by atoms with van der Waals surface area (Å²) < 4.78 is 12.1. The van der Waals surface area contributed by atoms with Gasteiger partial charge in [0, 0.05) is 6.42 Å². The minimum atomic E-state index is -0.363. The Labute approximate surface area is 133 Å². The van der Waals surface area contributed by atoms with Crippen molar-refractivity contribution in [3.8, 4) is 0 Å². The Morgan fingerprint density at radius 1 is 1.09 bits per heavy atom. The van der Waals surface area contributed by atoms with Gasteiger partial charge in [0.15, 0.2) is 0 Å². The zero-order chi connectivity index (χ0) is 16.8. The molecule has 0 atom stereocenters. The molecule has 120 valence electrons. The van der Waals surface area contributed by atoms with Crippen LogP contribution in [0.1, 0.15) is 53.5 Å². The van der Waals surface area contributed by atoms with Gasteiger partial charge >= 0.3 is 7.12 Å². The highest BCUT2D eigenvalue weighted by Crippen LogP contribution is 2.36. The van der Waals surface area contributed by atoms with Gasteiger partial charge in [0.1, 0.15) is 0 Å². The number of rotatable bonds is 4. The quantitative estimate of drug-likeness (QED) is 0.867. The highest BCUT2D eigenvalue weighted by Gasteiger charge is 2.51. The molecule has 1 aliphatic rings. The van der Waals surface area contributed by atoms with Crippen molar-refractivity contribution in [2.45, 2.75) is 64.6 Å². The van der Waals surface area contributed by atoms with E-state index in [1.54, 1.807) is 0 Å². The van der Waals surface area contributed by atoms with Crippen molar-refractivity contribution < 1.29 is 14.1 Å². The van der Waals surface area contributed by atoms with E-state index in [0.29, 0.717) is 6.42 Å². The molecule has 1 aromatic rings. The van der Waals surface area contributed by atoms with Crippen LogP contribution in [0.5, 0.6) is 0 Å². The highest BCUT2D eigenvalue weighted by molar-refractivity contribution is 6.62. The molecule has 0 radical (unpaired) electrons. The van der Waals surface area contributed by atoms with E-state index >= 15 is 0 Å². The molecule has 2 N–H and O–H groups in total. The number of amides is 1. The first-order valence-corrected chi connectivity index (χ1v) is 7.69. The van der Waals surface area contributed by atoms with E-state index < -0.39 is 0 Å². The molecule has 22 heavy (non-hydrogen) atoms. The predicted molar refractivity (Wildman–Crippen MR) is 89.0 cm³/mol. The second kappa shape index (κ2) is 5.39. The molecule has 0 unspecified atom stereocenters. The van der Waals surface area contributed by atoms with Gasteiger partial charge in [-0.3, -0.25) is 4.79 Å². The minimum Gasteiger partial charge on any atom is -0.399 e. The van der Waals surface area contributed by atoms with Crippen LogP contribution in [0.3, 0.4) is 0 Å². The van der Waals surface area contributed by atoms with Crippen LogP contribution in [-0.2, 0) is 19.5 Å². The Morgan fingerprint density at radius 2 is 1.55 bits per heavy atom. The van der Waals surface area contributed by atoms with Crippen molar-refractivity contribution in [1.29, 1.82) is 0 Å². The summed E-state index contributed by atoms with van der Waals surface area (Å²) in [5, 5.41) is 0. The number of nitrogens with two attached hydrogens (primary N) is 1. The van der Waals surface area contributed by atoms with Crippen LogP contribution in [0.2, 0.25) is 0 Å². The topological polar surface area (TPSA) is 61.6 Å². The molecule has 5 heteroatoms. The first-order valence-electron chi connectivity index (χ1n) is 7.69. The third-order valence-corrected chi connectivity index (χ3v) is 4.83. The third-order valence-electron chi connectivity index (χ3n) is 4.83. The Hall–Kier alpha value is -1.33. The second-order valence-corrected chi connectivity index (χ2v) is 7.74. The lowest BCUT2D eigenvalue weighted by Crippen LogP contribution is -2.41. The lowest BCUT2D eigenvalue weighted by molar-refractivity contribution is -0.119. The van der Waals surface area contributed by atoms with Gasteiger partial charge in [-0.1, -0.05) is 38.1 Å². The fourth-order valence-corrected chi connectivity index (χ4v) is 2.61. The van der Waals surface area contributed by atoms with E-state index in [-0.39, 0.29) is 29.6 Å². The zero-order valence-electron chi connectivity index (χ0n) is 14.4. The maximum absolute atomic E-state index is 11.2. The second-order valence-electron chi connectivity index (χ2n) is 7.74. The fraction of sp³-hybridized carbons (Fsp3) is 0.588.